The second-order valence-electron chi connectivity index (χ2n) is 5.45. The molecule has 0 saturated heterocycles. The minimum absolute atomic E-state index is 0.211. The van der Waals surface area contributed by atoms with Gasteiger partial charge in [0.15, 0.2) is 6.61 Å². The van der Waals surface area contributed by atoms with E-state index in [9.17, 15) is 22.8 Å². The number of carbonyl (C=O) groups is 2. The summed E-state index contributed by atoms with van der Waals surface area (Å²) in [4.78, 5) is 27.9. The van der Waals surface area contributed by atoms with Gasteiger partial charge in [-0.05, 0) is 18.9 Å². The molecular formula is C17H17F3N2O3S. The Morgan fingerprint density at radius 1 is 1.23 bits per heavy atom. The molecule has 0 unspecified atom stereocenters. The van der Waals surface area contributed by atoms with E-state index in [1.165, 1.54) is 5.56 Å². The number of rotatable bonds is 6. The van der Waals surface area contributed by atoms with E-state index in [0.29, 0.717) is 10.7 Å². The van der Waals surface area contributed by atoms with Gasteiger partial charge in [-0.2, -0.15) is 13.2 Å². The maximum atomic E-state index is 12.1. The zero-order valence-corrected chi connectivity index (χ0v) is 15.0. The lowest BCUT2D eigenvalue weighted by molar-refractivity contribution is -0.140. The Hall–Kier alpha value is -2.42. The van der Waals surface area contributed by atoms with Crippen molar-refractivity contribution in [3.05, 3.63) is 40.4 Å². The van der Waals surface area contributed by atoms with Crippen LogP contribution in [-0.2, 0) is 16.0 Å². The van der Waals surface area contributed by atoms with Gasteiger partial charge in [0.2, 0.25) is 0 Å². The quantitative estimate of drug-likeness (QED) is 0.772. The molecule has 0 bridgehead atoms. The molecule has 1 heterocycles. The number of hydrogen-bond donors (Lipinski definition) is 1. The summed E-state index contributed by atoms with van der Waals surface area (Å²) in [7, 11) is 0. The first kappa shape index (κ1) is 19.9. The monoisotopic (exact) mass is 386 g/mol. The molecule has 2 aromatic rings. The van der Waals surface area contributed by atoms with Crippen molar-refractivity contribution in [1.29, 1.82) is 0 Å². The molecule has 9 heteroatoms. The van der Waals surface area contributed by atoms with Crippen molar-refractivity contribution < 1.29 is 27.5 Å². The highest BCUT2D eigenvalue weighted by atomic mass is 32.1. The highest BCUT2D eigenvalue weighted by Crippen LogP contribution is 2.28. The molecule has 140 valence electrons. The van der Waals surface area contributed by atoms with Crippen LogP contribution < -0.4 is 5.32 Å². The maximum Gasteiger partial charge on any atom is 0.405 e. The first-order valence-corrected chi connectivity index (χ1v) is 8.58. The van der Waals surface area contributed by atoms with Gasteiger partial charge in [0.1, 0.15) is 16.4 Å². The third-order valence-corrected chi connectivity index (χ3v) is 4.60. The van der Waals surface area contributed by atoms with Crippen molar-refractivity contribution in [1.82, 2.24) is 10.3 Å². The average Bonchev–Trinajstić information content (AvgIpc) is 2.99. The van der Waals surface area contributed by atoms with Gasteiger partial charge in [0.25, 0.3) is 5.91 Å². The lowest BCUT2D eigenvalue weighted by Gasteiger charge is -2.08. The van der Waals surface area contributed by atoms with Crippen LogP contribution in [0.15, 0.2) is 24.3 Å². The molecule has 0 radical (unpaired) electrons. The SMILES string of the molecule is CCc1ccc(-c2nc(C)c(C(=O)OCC(=O)NCC(F)(F)F)s2)cc1. The predicted octanol–water partition coefficient (Wildman–Crippen LogP) is 3.52. The number of alkyl halides is 3. The molecule has 2 rings (SSSR count). The summed E-state index contributed by atoms with van der Waals surface area (Å²) in [5, 5.41) is 2.26. The van der Waals surface area contributed by atoms with E-state index in [1.807, 2.05) is 31.2 Å². The van der Waals surface area contributed by atoms with Crippen LogP contribution >= 0.6 is 11.3 Å². The highest BCUT2D eigenvalue weighted by molar-refractivity contribution is 7.17. The predicted molar refractivity (Wildman–Crippen MR) is 91.0 cm³/mol. The number of carbonyl (C=O) groups excluding carboxylic acids is 2. The second-order valence-corrected chi connectivity index (χ2v) is 6.45. The molecule has 0 saturated carbocycles. The smallest absolute Gasteiger partial charge is 0.405 e. The summed E-state index contributed by atoms with van der Waals surface area (Å²) in [5.74, 6) is -1.81. The summed E-state index contributed by atoms with van der Waals surface area (Å²) >= 11 is 1.11. The fraction of sp³-hybridized carbons (Fsp3) is 0.353. The topological polar surface area (TPSA) is 68.3 Å². The van der Waals surface area contributed by atoms with Crippen molar-refractivity contribution in [2.24, 2.45) is 0 Å². The van der Waals surface area contributed by atoms with Gasteiger partial charge in [-0.1, -0.05) is 31.2 Å². The third-order valence-electron chi connectivity index (χ3n) is 3.41. The molecule has 5 nitrogen and oxygen atoms in total. The van der Waals surface area contributed by atoms with Crippen LogP contribution in [0, 0.1) is 6.92 Å². The van der Waals surface area contributed by atoms with Gasteiger partial charge in [0.05, 0.1) is 5.69 Å². The number of hydrogen-bond acceptors (Lipinski definition) is 5. The number of benzene rings is 1. The van der Waals surface area contributed by atoms with Gasteiger partial charge in [0, 0.05) is 5.56 Å². The Morgan fingerprint density at radius 2 is 1.88 bits per heavy atom. The summed E-state index contributed by atoms with van der Waals surface area (Å²) in [6.45, 7) is 1.41. The molecule has 1 N–H and O–H groups in total. The number of nitrogens with zero attached hydrogens (tertiary/aromatic N) is 1. The Kier molecular flexibility index (Phi) is 6.36. The van der Waals surface area contributed by atoms with Crippen molar-refractivity contribution in [3.63, 3.8) is 0 Å². The van der Waals surface area contributed by atoms with Crippen molar-refractivity contribution in [2.75, 3.05) is 13.2 Å². The summed E-state index contributed by atoms with van der Waals surface area (Å²) < 4.78 is 40.8. The maximum absolute atomic E-state index is 12.1. The Labute approximate surface area is 152 Å². The van der Waals surface area contributed by atoms with Crippen LogP contribution in [0.1, 0.15) is 27.9 Å². The van der Waals surface area contributed by atoms with Crippen LogP contribution in [0.4, 0.5) is 13.2 Å². The molecule has 26 heavy (non-hydrogen) atoms. The molecular weight excluding hydrogens is 369 g/mol. The molecule has 0 atom stereocenters. The second kappa shape index (κ2) is 8.31. The summed E-state index contributed by atoms with van der Waals surface area (Å²) in [5.41, 5.74) is 2.45. The van der Waals surface area contributed by atoms with Gasteiger partial charge >= 0.3 is 12.1 Å². The molecule has 1 aromatic heterocycles. The normalized spacial score (nSPS) is 11.3. The highest BCUT2D eigenvalue weighted by Gasteiger charge is 2.28. The van der Waals surface area contributed by atoms with Crippen molar-refractivity contribution in [3.8, 4) is 10.6 Å². The lowest BCUT2D eigenvalue weighted by Crippen LogP contribution is -2.36. The molecule has 0 aliphatic heterocycles. The minimum atomic E-state index is -4.52. The van der Waals surface area contributed by atoms with Gasteiger partial charge < -0.3 is 10.1 Å². The number of aryl methyl sites for hydroxylation is 2. The van der Waals surface area contributed by atoms with E-state index in [1.54, 1.807) is 12.2 Å². The van der Waals surface area contributed by atoms with E-state index in [0.717, 1.165) is 23.3 Å². The molecule has 1 amide bonds. The summed E-state index contributed by atoms with van der Waals surface area (Å²) in [6, 6.07) is 7.73. The van der Waals surface area contributed by atoms with E-state index in [-0.39, 0.29) is 4.88 Å². The first-order valence-electron chi connectivity index (χ1n) is 7.77. The fourth-order valence-electron chi connectivity index (χ4n) is 2.04. The molecule has 0 fully saturated rings. The van der Waals surface area contributed by atoms with Crippen LogP contribution in [-0.4, -0.2) is 36.2 Å². The molecule has 1 aromatic carbocycles. The number of aromatic nitrogens is 1. The number of esters is 1. The number of halogens is 3. The standard InChI is InChI=1S/C17H17F3N2O3S/c1-3-11-4-6-12(7-5-11)15-22-10(2)14(26-15)16(24)25-8-13(23)21-9-17(18,19)20/h4-7H,3,8-9H2,1-2H3,(H,21,23). The fourth-order valence-corrected chi connectivity index (χ4v) is 3.00. The van der Waals surface area contributed by atoms with E-state index in [2.05, 4.69) is 4.98 Å². The third kappa shape index (κ3) is 5.55. The van der Waals surface area contributed by atoms with E-state index >= 15 is 0 Å². The van der Waals surface area contributed by atoms with Gasteiger partial charge in [-0.25, -0.2) is 9.78 Å². The van der Waals surface area contributed by atoms with Crippen LogP contribution in [0.5, 0.6) is 0 Å². The number of nitrogens with one attached hydrogen (secondary N) is 1. The minimum Gasteiger partial charge on any atom is -0.451 e. The van der Waals surface area contributed by atoms with Crippen LogP contribution in [0.2, 0.25) is 0 Å². The Bertz CT molecular complexity index is 786. The largest absolute Gasteiger partial charge is 0.451 e. The van der Waals surface area contributed by atoms with Gasteiger partial charge in [-0.3, -0.25) is 4.79 Å². The Balaban J connectivity index is 1.99. The van der Waals surface area contributed by atoms with E-state index in [4.69, 9.17) is 4.74 Å². The average molecular weight is 386 g/mol. The van der Waals surface area contributed by atoms with Gasteiger partial charge in [-0.15, -0.1) is 11.3 Å². The molecule has 0 spiro atoms. The number of ether oxygens (including phenoxy) is 1. The zero-order valence-electron chi connectivity index (χ0n) is 14.1. The van der Waals surface area contributed by atoms with Crippen LogP contribution in [0.3, 0.4) is 0 Å². The Morgan fingerprint density at radius 3 is 2.46 bits per heavy atom. The number of amides is 1. The summed E-state index contributed by atoms with van der Waals surface area (Å²) in [6.07, 6.45) is -3.61. The lowest BCUT2D eigenvalue weighted by atomic mass is 10.1. The molecule has 0 aliphatic carbocycles. The molecule has 0 aliphatic rings. The number of thiazole rings is 1. The zero-order chi connectivity index (χ0) is 19.3. The first-order chi connectivity index (χ1) is 12.2. The van der Waals surface area contributed by atoms with E-state index < -0.39 is 31.2 Å². The van der Waals surface area contributed by atoms with Crippen molar-refractivity contribution >= 4 is 23.2 Å². The van der Waals surface area contributed by atoms with Crippen molar-refractivity contribution in [2.45, 2.75) is 26.4 Å². The van der Waals surface area contributed by atoms with Crippen LogP contribution in [0.25, 0.3) is 10.6 Å².